The second kappa shape index (κ2) is 6.04. The molecule has 0 heterocycles. The number of carbonyl (C=O) groups excluding carboxylic acids is 1. The Kier molecular flexibility index (Phi) is 4.39. The fourth-order valence-electron chi connectivity index (χ4n) is 2.16. The first-order chi connectivity index (χ1) is 9.52. The average Bonchev–Trinajstić information content (AvgIpc) is 2.42. The van der Waals surface area contributed by atoms with E-state index >= 15 is 0 Å². The van der Waals surface area contributed by atoms with E-state index < -0.39 is 0 Å². The Morgan fingerprint density at radius 2 is 1.85 bits per heavy atom. The highest BCUT2D eigenvalue weighted by Gasteiger charge is 2.11. The third kappa shape index (κ3) is 2.98. The van der Waals surface area contributed by atoms with Gasteiger partial charge in [0.15, 0.2) is 0 Å². The summed E-state index contributed by atoms with van der Waals surface area (Å²) in [5.41, 5.74) is 4.82. The minimum Gasteiger partial charge on any atom is -0.211 e. The maximum Gasteiger partial charge on any atom is 0.240 e. The molecule has 0 bridgehead atoms. The van der Waals surface area contributed by atoms with Gasteiger partial charge in [-0.3, -0.25) is 0 Å². The molecule has 0 aliphatic carbocycles. The van der Waals surface area contributed by atoms with Crippen LogP contribution in [-0.4, -0.2) is 6.08 Å². The fourth-order valence-corrected chi connectivity index (χ4v) is 2.33. The molecule has 2 aromatic carbocycles. The minimum atomic E-state index is 0.405. The number of isocyanates is 1. The van der Waals surface area contributed by atoms with Gasteiger partial charge in [-0.15, -0.1) is 0 Å². The molecule has 0 aliphatic heterocycles. The lowest BCUT2D eigenvalue weighted by atomic mass is 9.94. The first-order valence-electron chi connectivity index (χ1n) is 6.51. The van der Waals surface area contributed by atoms with E-state index in [0.717, 1.165) is 16.7 Å². The van der Waals surface area contributed by atoms with Crippen LogP contribution in [0.4, 0.5) is 5.69 Å². The normalized spacial score (nSPS) is 10.4. The number of halogens is 1. The van der Waals surface area contributed by atoms with Crippen LogP contribution in [-0.2, 0) is 4.79 Å². The van der Waals surface area contributed by atoms with Crippen LogP contribution >= 0.6 is 11.6 Å². The molecule has 0 saturated heterocycles. The summed E-state index contributed by atoms with van der Waals surface area (Å²) in [5.74, 6) is 0.405. The third-order valence-corrected chi connectivity index (χ3v) is 3.58. The molecule has 102 valence electrons. The van der Waals surface area contributed by atoms with Crippen LogP contribution in [0.3, 0.4) is 0 Å². The molecular formula is C17H16ClNO. The van der Waals surface area contributed by atoms with Crippen LogP contribution in [0.15, 0.2) is 41.4 Å². The Balaban J connectivity index is 2.71. The summed E-state index contributed by atoms with van der Waals surface area (Å²) in [6, 6.07) is 11.6. The SMILES string of the molecule is Cc1ccc(Cl)cc1-c1cc(C(C)C)ccc1N=C=O. The zero-order valence-electron chi connectivity index (χ0n) is 11.8. The second-order valence-corrected chi connectivity index (χ2v) is 5.53. The smallest absolute Gasteiger partial charge is 0.211 e. The van der Waals surface area contributed by atoms with E-state index in [1.54, 1.807) is 6.08 Å². The average molecular weight is 286 g/mol. The van der Waals surface area contributed by atoms with E-state index in [4.69, 9.17) is 11.6 Å². The van der Waals surface area contributed by atoms with Crippen molar-refractivity contribution in [1.29, 1.82) is 0 Å². The third-order valence-electron chi connectivity index (χ3n) is 3.34. The lowest BCUT2D eigenvalue weighted by molar-refractivity contribution is 0.565. The van der Waals surface area contributed by atoms with Gasteiger partial charge in [0.05, 0.1) is 5.69 Å². The van der Waals surface area contributed by atoms with Gasteiger partial charge in [0, 0.05) is 10.6 Å². The molecule has 2 rings (SSSR count). The van der Waals surface area contributed by atoms with Crippen molar-refractivity contribution in [2.24, 2.45) is 4.99 Å². The van der Waals surface area contributed by atoms with Crippen molar-refractivity contribution in [3.8, 4) is 11.1 Å². The summed E-state index contributed by atoms with van der Waals surface area (Å²) in [7, 11) is 0. The molecule has 0 fully saturated rings. The Hall–Kier alpha value is -1.89. The molecule has 2 aromatic rings. The summed E-state index contributed by atoms with van der Waals surface area (Å²) in [5, 5.41) is 0.668. The summed E-state index contributed by atoms with van der Waals surface area (Å²) in [4.78, 5) is 14.4. The number of aryl methyl sites for hydroxylation is 1. The lowest BCUT2D eigenvalue weighted by Gasteiger charge is -2.13. The summed E-state index contributed by atoms with van der Waals surface area (Å²) in [6.45, 7) is 6.28. The van der Waals surface area contributed by atoms with Gasteiger partial charge in [0.2, 0.25) is 6.08 Å². The van der Waals surface area contributed by atoms with Gasteiger partial charge in [0.25, 0.3) is 0 Å². The van der Waals surface area contributed by atoms with E-state index in [9.17, 15) is 4.79 Å². The van der Waals surface area contributed by atoms with E-state index in [-0.39, 0.29) is 0 Å². The molecule has 0 spiro atoms. The molecule has 0 unspecified atom stereocenters. The molecule has 0 saturated carbocycles. The first kappa shape index (κ1) is 14.5. The van der Waals surface area contributed by atoms with Crippen molar-refractivity contribution in [1.82, 2.24) is 0 Å². The fraction of sp³-hybridized carbons (Fsp3) is 0.235. The predicted octanol–water partition coefficient (Wildman–Crippen LogP) is 5.41. The highest BCUT2D eigenvalue weighted by molar-refractivity contribution is 6.30. The predicted molar refractivity (Wildman–Crippen MR) is 83.5 cm³/mol. The van der Waals surface area contributed by atoms with Crippen molar-refractivity contribution in [3.05, 3.63) is 52.5 Å². The zero-order valence-corrected chi connectivity index (χ0v) is 12.5. The molecule has 0 radical (unpaired) electrons. The Labute approximate surface area is 124 Å². The van der Waals surface area contributed by atoms with Crippen LogP contribution in [0.25, 0.3) is 11.1 Å². The van der Waals surface area contributed by atoms with Gasteiger partial charge in [-0.1, -0.05) is 37.6 Å². The van der Waals surface area contributed by atoms with Gasteiger partial charge in [-0.05, 0) is 53.8 Å². The number of hydrogen-bond donors (Lipinski definition) is 0. The number of benzene rings is 2. The molecule has 2 nitrogen and oxygen atoms in total. The Morgan fingerprint density at radius 3 is 2.50 bits per heavy atom. The molecule has 0 N–H and O–H groups in total. The quantitative estimate of drug-likeness (QED) is 0.548. The molecule has 20 heavy (non-hydrogen) atoms. The molecular weight excluding hydrogens is 270 g/mol. The van der Waals surface area contributed by atoms with Crippen molar-refractivity contribution < 1.29 is 4.79 Å². The van der Waals surface area contributed by atoms with Crippen molar-refractivity contribution in [2.75, 3.05) is 0 Å². The molecule has 0 aromatic heterocycles. The molecule has 0 aliphatic rings. The maximum atomic E-state index is 10.6. The number of rotatable bonds is 3. The topological polar surface area (TPSA) is 29.4 Å². The second-order valence-electron chi connectivity index (χ2n) is 5.09. The summed E-state index contributed by atoms with van der Waals surface area (Å²) < 4.78 is 0. The minimum absolute atomic E-state index is 0.405. The van der Waals surface area contributed by atoms with Gasteiger partial charge in [-0.25, -0.2) is 4.79 Å². The molecule has 0 atom stereocenters. The number of aliphatic imine (C=N–C) groups is 1. The van der Waals surface area contributed by atoms with Crippen molar-refractivity contribution in [3.63, 3.8) is 0 Å². The zero-order chi connectivity index (χ0) is 14.7. The Morgan fingerprint density at radius 1 is 1.10 bits per heavy atom. The number of nitrogens with zero attached hydrogens (tertiary/aromatic N) is 1. The summed E-state index contributed by atoms with van der Waals surface area (Å²) >= 11 is 6.09. The van der Waals surface area contributed by atoms with Crippen LogP contribution in [0.1, 0.15) is 30.9 Å². The van der Waals surface area contributed by atoms with Crippen LogP contribution < -0.4 is 0 Å². The van der Waals surface area contributed by atoms with Crippen LogP contribution in [0.5, 0.6) is 0 Å². The lowest BCUT2D eigenvalue weighted by Crippen LogP contribution is -1.90. The van der Waals surface area contributed by atoms with Crippen LogP contribution in [0.2, 0.25) is 5.02 Å². The first-order valence-corrected chi connectivity index (χ1v) is 6.89. The maximum absolute atomic E-state index is 10.6. The van der Waals surface area contributed by atoms with Gasteiger partial charge in [-0.2, -0.15) is 4.99 Å². The van der Waals surface area contributed by atoms with Crippen LogP contribution in [0, 0.1) is 6.92 Å². The molecule has 0 amide bonds. The van der Waals surface area contributed by atoms with Crippen molar-refractivity contribution >= 4 is 23.4 Å². The van der Waals surface area contributed by atoms with Gasteiger partial charge < -0.3 is 0 Å². The van der Waals surface area contributed by atoms with E-state index in [1.807, 2.05) is 37.3 Å². The van der Waals surface area contributed by atoms with E-state index in [2.05, 4.69) is 24.9 Å². The summed E-state index contributed by atoms with van der Waals surface area (Å²) in [6.07, 6.45) is 1.62. The van der Waals surface area contributed by atoms with Gasteiger partial charge in [0.1, 0.15) is 0 Å². The highest BCUT2D eigenvalue weighted by Crippen LogP contribution is 2.36. The molecule has 3 heteroatoms. The monoisotopic (exact) mass is 285 g/mol. The van der Waals surface area contributed by atoms with Crippen molar-refractivity contribution in [2.45, 2.75) is 26.7 Å². The standard InChI is InChI=1S/C17H16ClNO/c1-11(2)13-5-7-17(19-10-20)16(8-13)15-9-14(18)6-4-12(15)3/h4-9,11H,1-3H3. The highest BCUT2D eigenvalue weighted by atomic mass is 35.5. The Bertz CT molecular complexity index is 685. The van der Waals surface area contributed by atoms with E-state index in [0.29, 0.717) is 16.6 Å². The number of hydrogen-bond acceptors (Lipinski definition) is 2. The van der Waals surface area contributed by atoms with E-state index in [1.165, 1.54) is 5.56 Å². The van der Waals surface area contributed by atoms with Gasteiger partial charge >= 0.3 is 0 Å². The largest absolute Gasteiger partial charge is 0.240 e.